The number of carboxylic acids is 1. The van der Waals surface area contributed by atoms with Gasteiger partial charge in [0.25, 0.3) is 0 Å². The van der Waals surface area contributed by atoms with Crippen LogP contribution in [-0.2, 0) is 9.53 Å². The standard InChI is InChI=1S/C33H38N8O4/c1-38-15-17-39(18-16-38)24-9-11-25(12-10-24)40-32-29(31(34)35-21-36-32)30(37-40)23-7-13-26(14-8-23)41(20-28(42)43)19-27(45-33(41)44)22-5-3-2-4-6-22/h2-8,13-14,21,24-25,27H,9-12,15-20H2,1H3,(H2-,34,35,36,37,42,43). The van der Waals surface area contributed by atoms with Gasteiger partial charge in [0, 0.05) is 49.9 Å². The van der Waals surface area contributed by atoms with E-state index in [-0.39, 0.29) is 12.6 Å². The number of cyclic esters (lactones) is 1. The van der Waals surface area contributed by atoms with Crippen molar-refractivity contribution in [2.75, 3.05) is 52.0 Å². The molecule has 4 aromatic rings. The number of benzene rings is 2. The number of carbonyl (C=O) groups is 2. The highest BCUT2D eigenvalue weighted by atomic mass is 16.6. The van der Waals surface area contributed by atoms with E-state index in [9.17, 15) is 14.7 Å². The second-order valence-corrected chi connectivity index (χ2v) is 12.6. The first-order chi connectivity index (χ1) is 21.8. The summed E-state index contributed by atoms with van der Waals surface area (Å²) in [6, 6.07) is 17.3. The van der Waals surface area contributed by atoms with Gasteiger partial charge in [0.15, 0.2) is 11.8 Å². The first-order valence-corrected chi connectivity index (χ1v) is 15.7. The largest absolute Gasteiger partial charge is 0.544 e. The molecular weight excluding hydrogens is 572 g/mol. The Hall–Kier alpha value is -4.39. The monoisotopic (exact) mass is 610 g/mol. The van der Waals surface area contributed by atoms with E-state index < -0.39 is 29.2 Å². The fourth-order valence-electron chi connectivity index (χ4n) is 7.32. The summed E-state index contributed by atoms with van der Waals surface area (Å²) in [4.78, 5) is 39.1. The summed E-state index contributed by atoms with van der Waals surface area (Å²) in [6.45, 7) is 4.08. The lowest BCUT2D eigenvalue weighted by atomic mass is 9.90. The molecule has 12 heteroatoms. The number of carbonyl (C=O) groups excluding carboxylic acids is 2. The SMILES string of the molecule is CN1CCN(C2CCC(n3nc(-c4ccc([N+]5(CC(=O)[O-])CC(c6ccccc6)OC5=O)cc4)c4c(N)ncnc43)CC2)CC1. The summed E-state index contributed by atoms with van der Waals surface area (Å²) in [6.07, 6.45) is 4.52. The third-order valence-corrected chi connectivity index (χ3v) is 9.86. The van der Waals surface area contributed by atoms with Crippen LogP contribution >= 0.6 is 0 Å². The molecule has 4 heterocycles. The predicted molar refractivity (Wildman–Crippen MR) is 168 cm³/mol. The van der Waals surface area contributed by atoms with E-state index in [1.54, 1.807) is 12.1 Å². The number of nitrogen functional groups attached to an aromatic ring is 1. The van der Waals surface area contributed by atoms with Crippen molar-refractivity contribution in [3.05, 3.63) is 66.5 Å². The van der Waals surface area contributed by atoms with E-state index in [1.807, 2.05) is 47.1 Å². The number of nitrogens with two attached hydrogens (primary N) is 1. The van der Waals surface area contributed by atoms with E-state index >= 15 is 0 Å². The molecule has 0 bridgehead atoms. The van der Waals surface area contributed by atoms with Crippen molar-refractivity contribution in [2.24, 2.45) is 0 Å². The van der Waals surface area contributed by atoms with E-state index in [0.29, 0.717) is 34.3 Å². The maximum atomic E-state index is 13.3. The lowest BCUT2D eigenvalue weighted by Gasteiger charge is -2.41. The van der Waals surface area contributed by atoms with Gasteiger partial charge in [0.05, 0.1) is 17.4 Å². The van der Waals surface area contributed by atoms with Crippen LogP contribution in [0.1, 0.15) is 43.4 Å². The molecule has 2 N–H and O–H groups in total. The number of amides is 1. The number of anilines is 1. The van der Waals surface area contributed by atoms with Crippen LogP contribution < -0.4 is 15.3 Å². The molecule has 2 unspecified atom stereocenters. The number of rotatable bonds is 7. The number of aliphatic carboxylic acids is 1. The van der Waals surface area contributed by atoms with Crippen LogP contribution in [0.5, 0.6) is 0 Å². The molecule has 7 rings (SSSR count). The van der Waals surface area contributed by atoms with Gasteiger partial charge in [0.2, 0.25) is 0 Å². The zero-order valence-electron chi connectivity index (χ0n) is 25.4. The van der Waals surface area contributed by atoms with Gasteiger partial charge >= 0.3 is 6.09 Å². The van der Waals surface area contributed by atoms with Crippen molar-refractivity contribution in [2.45, 2.75) is 43.9 Å². The number of hydrogen-bond acceptors (Lipinski definition) is 10. The summed E-state index contributed by atoms with van der Waals surface area (Å²) in [5.74, 6) is -0.979. The van der Waals surface area contributed by atoms with Gasteiger partial charge in [-0.25, -0.2) is 14.6 Å². The van der Waals surface area contributed by atoms with Crippen LogP contribution in [0.4, 0.5) is 16.3 Å². The Morgan fingerprint density at radius 1 is 0.978 bits per heavy atom. The van der Waals surface area contributed by atoms with Gasteiger partial charge in [-0.3, -0.25) is 4.90 Å². The maximum absolute atomic E-state index is 13.3. The van der Waals surface area contributed by atoms with Crippen molar-refractivity contribution in [3.63, 3.8) is 0 Å². The average Bonchev–Trinajstić information content (AvgIpc) is 3.61. The number of aromatic nitrogens is 4. The average molecular weight is 611 g/mol. The van der Waals surface area contributed by atoms with Crippen molar-refractivity contribution < 1.29 is 19.4 Å². The number of quaternary nitrogens is 1. The summed E-state index contributed by atoms with van der Waals surface area (Å²) < 4.78 is 7.23. The Morgan fingerprint density at radius 2 is 1.67 bits per heavy atom. The molecule has 2 aromatic heterocycles. The highest BCUT2D eigenvalue weighted by molar-refractivity contribution is 5.98. The minimum Gasteiger partial charge on any atom is -0.544 e. The fourth-order valence-corrected chi connectivity index (χ4v) is 7.32. The second-order valence-electron chi connectivity index (χ2n) is 12.6. The number of nitrogens with zero attached hydrogens (tertiary/aromatic N) is 7. The normalized spacial score (nSPS) is 26.2. The molecule has 2 saturated heterocycles. The Balaban J connectivity index is 1.17. The third-order valence-electron chi connectivity index (χ3n) is 9.86. The van der Waals surface area contributed by atoms with Crippen LogP contribution in [0.2, 0.25) is 0 Å². The molecule has 45 heavy (non-hydrogen) atoms. The summed E-state index contributed by atoms with van der Waals surface area (Å²) in [5, 5.41) is 17.6. The van der Waals surface area contributed by atoms with Gasteiger partial charge in [-0.2, -0.15) is 14.4 Å². The van der Waals surface area contributed by atoms with Crippen LogP contribution in [0.25, 0.3) is 22.3 Å². The Morgan fingerprint density at radius 3 is 2.36 bits per heavy atom. The molecule has 3 fully saturated rings. The zero-order chi connectivity index (χ0) is 31.1. The molecule has 3 aliphatic rings. The van der Waals surface area contributed by atoms with Gasteiger partial charge in [-0.05, 0) is 50.4 Å². The first-order valence-electron chi connectivity index (χ1n) is 15.7. The van der Waals surface area contributed by atoms with Crippen LogP contribution in [0, 0.1) is 0 Å². The summed E-state index contributed by atoms with van der Waals surface area (Å²) in [7, 11) is 2.18. The van der Waals surface area contributed by atoms with Gasteiger partial charge in [-0.15, -0.1) is 0 Å². The summed E-state index contributed by atoms with van der Waals surface area (Å²) in [5.41, 5.74) is 9.86. The number of fused-ring (bicyclic) bond motifs is 1. The Bertz CT molecular complexity index is 1700. The highest BCUT2D eigenvalue weighted by Gasteiger charge is 2.51. The second kappa shape index (κ2) is 11.8. The molecule has 234 valence electrons. The number of likely N-dealkylation sites (N-methyl/N-ethyl adjacent to an activating group) is 1. The van der Waals surface area contributed by atoms with Crippen molar-refractivity contribution in [1.82, 2.24) is 34.0 Å². The molecule has 0 radical (unpaired) electrons. The molecule has 2 aliphatic heterocycles. The highest BCUT2D eigenvalue weighted by Crippen LogP contribution is 2.40. The smallest absolute Gasteiger partial charge is 0.522 e. The number of hydrogen-bond donors (Lipinski definition) is 1. The number of ether oxygens (including phenoxy) is 1. The maximum Gasteiger partial charge on any atom is 0.522 e. The molecule has 12 nitrogen and oxygen atoms in total. The molecule has 2 aromatic carbocycles. The van der Waals surface area contributed by atoms with E-state index in [2.05, 4.69) is 26.8 Å². The fraction of sp³-hybridized carbons (Fsp3) is 0.424. The number of carboxylic acid groups (broad SMARTS) is 1. The molecule has 0 spiro atoms. The lowest BCUT2D eigenvalue weighted by Crippen LogP contribution is -2.56. The van der Waals surface area contributed by atoms with E-state index in [0.717, 1.165) is 63.0 Å². The lowest BCUT2D eigenvalue weighted by molar-refractivity contribution is -0.305. The van der Waals surface area contributed by atoms with Crippen LogP contribution in [0.3, 0.4) is 0 Å². The quantitative estimate of drug-likeness (QED) is 0.310. The van der Waals surface area contributed by atoms with Gasteiger partial charge in [0.1, 0.15) is 36.6 Å². The number of piperazine rings is 1. The van der Waals surface area contributed by atoms with Crippen molar-refractivity contribution in [1.29, 1.82) is 0 Å². The Kier molecular flexibility index (Phi) is 7.72. The molecule has 1 saturated carbocycles. The molecule has 1 amide bonds. The van der Waals surface area contributed by atoms with E-state index in [4.69, 9.17) is 15.6 Å². The third kappa shape index (κ3) is 5.43. The van der Waals surface area contributed by atoms with Crippen LogP contribution in [0.15, 0.2) is 60.9 Å². The first kappa shape index (κ1) is 29.3. The summed E-state index contributed by atoms with van der Waals surface area (Å²) >= 11 is 0. The predicted octanol–water partition coefficient (Wildman–Crippen LogP) is 2.76. The molecule has 2 atom stereocenters. The van der Waals surface area contributed by atoms with Gasteiger partial charge in [-0.1, -0.05) is 30.3 Å². The van der Waals surface area contributed by atoms with Crippen LogP contribution in [-0.4, -0.2) is 94.0 Å². The Labute approximate surface area is 261 Å². The van der Waals surface area contributed by atoms with E-state index in [1.165, 1.54) is 6.33 Å². The van der Waals surface area contributed by atoms with Gasteiger partial charge < -0.3 is 25.3 Å². The zero-order valence-corrected chi connectivity index (χ0v) is 25.4. The molecular formula is C33H38N8O4. The topological polar surface area (TPSA) is 143 Å². The van der Waals surface area contributed by atoms with Crippen molar-refractivity contribution in [3.8, 4) is 11.3 Å². The minimum absolute atomic E-state index is 0.144. The minimum atomic E-state index is -1.33. The van der Waals surface area contributed by atoms with Crippen molar-refractivity contribution >= 4 is 34.6 Å². The molecule has 1 aliphatic carbocycles.